The molecule has 2 aliphatic rings. The van der Waals surface area contributed by atoms with Crippen LogP contribution in [0.1, 0.15) is 39.9 Å². The summed E-state index contributed by atoms with van der Waals surface area (Å²) < 4.78 is 1.45. The normalized spacial score (nSPS) is 27.9. The van der Waals surface area contributed by atoms with Gasteiger partial charge in [0.05, 0.1) is 16.8 Å². The molecule has 0 saturated heterocycles. The molecule has 1 aromatic heterocycles. The molecule has 0 aliphatic heterocycles. The molecule has 2 aliphatic carbocycles. The maximum atomic E-state index is 12.7. The SMILES string of the molecule is O=C(c1ccc([N+](=O)[O-])cc1)n1ncc2c1[C@@H]1C[C@@H](Br)[C@H]2[C@H]1Br. The third-order valence-electron chi connectivity index (χ3n) is 4.66. The molecule has 2 aromatic rings. The Labute approximate surface area is 148 Å². The lowest BCUT2D eigenvalue weighted by Crippen LogP contribution is -2.19. The standard InChI is InChI=1S/C15H11Br2N3O3/c16-11-5-9-13(17)12(11)10-6-18-19(14(9)10)15(21)7-1-3-8(4-2-7)20(22)23/h1-4,6,9,11-13H,5H2/t9-,11-,12+,13+/m1/s1. The summed E-state index contributed by atoms with van der Waals surface area (Å²) >= 11 is 7.44. The summed E-state index contributed by atoms with van der Waals surface area (Å²) in [6.45, 7) is 0. The highest BCUT2D eigenvalue weighted by atomic mass is 79.9. The van der Waals surface area contributed by atoms with Crippen LogP contribution in [0.2, 0.25) is 0 Å². The fourth-order valence-electron chi connectivity index (χ4n) is 3.61. The van der Waals surface area contributed by atoms with Gasteiger partial charge in [0, 0.05) is 39.2 Å². The van der Waals surface area contributed by atoms with Crippen LogP contribution in [-0.4, -0.2) is 30.3 Å². The minimum Gasteiger partial charge on any atom is -0.267 e. The molecule has 8 heteroatoms. The van der Waals surface area contributed by atoms with Crippen LogP contribution in [0.25, 0.3) is 0 Å². The van der Waals surface area contributed by atoms with Crippen molar-refractivity contribution >= 4 is 43.5 Å². The molecule has 23 heavy (non-hydrogen) atoms. The van der Waals surface area contributed by atoms with Gasteiger partial charge in [0.1, 0.15) is 0 Å². The predicted octanol–water partition coefficient (Wildman–Crippen LogP) is 3.59. The van der Waals surface area contributed by atoms with Gasteiger partial charge in [0.2, 0.25) is 0 Å². The fourth-order valence-corrected chi connectivity index (χ4v) is 6.15. The largest absolute Gasteiger partial charge is 0.278 e. The molecule has 6 nitrogen and oxygen atoms in total. The molecule has 0 unspecified atom stereocenters. The molecule has 1 aromatic carbocycles. The van der Waals surface area contributed by atoms with E-state index in [-0.39, 0.29) is 17.5 Å². The summed E-state index contributed by atoms with van der Waals surface area (Å²) in [4.78, 5) is 23.7. The van der Waals surface area contributed by atoms with E-state index in [1.165, 1.54) is 28.9 Å². The second kappa shape index (κ2) is 5.24. The van der Waals surface area contributed by atoms with E-state index in [0.717, 1.165) is 17.7 Å². The van der Waals surface area contributed by atoms with Crippen molar-refractivity contribution in [2.24, 2.45) is 0 Å². The van der Waals surface area contributed by atoms with E-state index in [0.29, 0.717) is 21.1 Å². The van der Waals surface area contributed by atoms with Crippen molar-refractivity contribution in [2.75, 3.05) is 0 Å². The molecular weight excluding hydrogens is 430 g/mol. The van der Waals surface area contributed by atoms with Crippen LogP contribution in [0.4, 0.5) is 5.69 Å². The molecule has 4 atom stereocenters. The summed E-state index contributed by atoms with van der Waals surface area (Å²) in [5.74, 6) is 0.330. The van der Waals surface area contributed by atoms with Crippen molar-refractivity contribution in [1.29, 1.82) is 0 Å². The van der Waals surface area contributed by atoms with Crippen LogP contribution >= 0.6 is 31.9 Å². The Morgan fingerprint density at radius 3 is 2.65 bits per heavy atom. The summed E-state index contributed by atoms with van der Waals surface area (Å²) in [5, 5.41) is 15.0. The van der Waals surface area contributed by atoms with E-state index in [1.54, 1.807) is 6.20 Å². The Hall–Kier alpha value is -1.54. The van der Waals surface area contributed by atoms with Crippen LogP contribution in [0.5, 0.6) is 0 Å². The minimum atomic E-state index is -0.482. The first-order valence-corrected chi connectivity index (χ1v) is 8.97. The predicted molar refractivity (Wildman–Crippen MR) is 90.6 cm³/mol. The van der Waals surface area contributed by atoms with Gasteiger partial charge < -0.3 is 0 Å². The van der Waals surface area contributed by atoms with Crippen LogP contribution < -0.4 is 0 Å². The van der Waals surface area contributed by atoms with E-state index < -0.39 is 4.92 Å². The van der Waals surface area contributed by atoms with Gasteiger partial charge in [0.15, 0.2) is 0 Å². The number of aromatic nitrogens is 2. The molecule has 0 N–H and O–H groups in total. The number of carbonyl (C=O) groups excluding carboxylic acids is 1. The second-order valence-corrected chi connectivity index (χ2v) is 8.07. The zero-order valence-corrected chi connectivity index (χ0v) is 14.9. The topological polar surface area (TPSA) is 78.0 Å². The van der Waals surface area contributed by atoms with Crippen LogP contribution in [0, 0.1) is 10.1 Å². The number of carbonyl (C=O) groups is 1. The zero-order chi connectivity index (χ0) is 16.3. The maximum absolute atomic E-state index is 12.7. The summed E-state index contributed by atoms with van der Waals surface area (Å²) in [7, 11) is 0. The molecule has 1 heterocycles. The lowest BCUT2D eigenvalue weighted by Gasteiger charge is -2.16. The van der Waals surface area contributed by atoms with Gasteiger partial charge in [-0.05, 0) is 24.1 Å². The van der Waals surface area contributed by atoms with E-state index in [4.69, 9.17) is 0 Å². The average Bonchev–Trinajstić information content (AvgIpc) is 3.15. The number of halogens is 2. The number of nitro benzene ring substituents is 1. The minimum absolute atomic E-state index is 0.0334. The highest BCUT2D eigenvalue weighted by molar-refractivity contribution is 9.10. The molecule has 2 bridgehead atoms. The first-order chi connectivity index (χ1) is 11.0. The number of rotatable bonds is 2. The highest BCUT2D eigenvalue weighted by Gasteiger charge is 2.52. The van der Waals surface area contributed by atoms with Gasteiger partial charge in [-0.25, -0.2) is 4.68 Å². The van der Waals surface area contributed by atoms with E-state index in [1.807, 2.05) is 0 Å². The van der Waals surface area contributed by atoms with E-state index >= 15 is 0 Å². The quantitative estimate of drug-likeness (QED) is 0.406. The van der Waals surface area contributed by atoms with Gasteiger partial charge in [0.25, 0.3) is 11.6 Å². The number of hydrogen-bond donors (Lipinski definition) is 0. The molecule has 4 rings (SSSR count). The lowest BCUT2D eigenvalue weighted by atomic mass is 9.98. The third-order valence-corrected chi connectivity index (χ3v) is 6.81. The molecule has 0 radical (unpaired) electrons. The summed E-state index contributed by atoms with van der Waals surface area (Å²) in [6, 6.07) is 5.62. The summed E-state index contributed by atoms with van der Waals surface area (Å²) in [5.41, 5.74) is 2.44. The lowest BCUT2D eigenvalue weighted by molar-refractivity contribution is -0.384. The van der Waals surface area contributed by atoms with Crippen molar-refractivity contribution in [3.05, 3.63) is 57.4 Å². The molecule has 1 saturated carbocycles. The Balaban J connectivity index is 1.71. The first-order valence-electron chi connectivity index (χ1n) is 7.14. The Morgan fingerprint density at radius 1 is 1.30 bits per heavy atom. The maximum Gasteiger partial charge on any atom is 0.278 e. The van der Waals surface area contributed by atoms with Crippen molar-refractivity contribution in [1.82, 2.24) is 9.78 Å². The number of benzene rings is 1. The number of non-ortho nitro benzene ring substituents is 1. The molecule has 0 spiro atoms. The number of alkyl halides is 2. The smallest absolute Gasteiger partial charge is 0.267 e. The summed E-state index contributed by atoms with van der Waals surface area (Å²) in [6.07, 6.45) is 2.73. The second-order valence-electron chi connectivity index (χ2n) is 5.83. The van der Waals surface area contributed by atoms with Gasteiger partial charge in [-0.2, -0.15) is 5.10 Å². The van der Waals surface area contributed by atoms with Crippen molar-refractivity contribution < 1.29 is 9.72 Å². The van der Waals surface area contributed by atoms with Crippen LogP contribution in [-0.2, 0) is 0 Å². The van der Waals surface area contributed by atoms with Crippen molar-refractivity contribution in [3.8, 4) is 0 Å². The Morgan fingerprint density at radius 2 is 2.00 bits per heavy atom. The number of nitro groups is 1. The molecule has 118 valence electrons. The third kappa shape index (κ3) is 2.11. The Bertz CT molecular complexity index is 818. The molecule has 0 amide bonds. The van der Waals surface area contributed by atoms with Gasteiger partial charge in [-0.3, -0.25) is 14.9 Å². The van der Waals surface area contributed by atoms with Gasteiger partial charge in [-0.15, -0.1) is 0 Å². The fraction of sp³-hybridized carbons (Fsp3) is 0.333. The Kier molecular flexibility index (Phi) is 3.42. The monoisotopic (exact) mass is 439 g/mol. The number of nitrogens with zero attached hydrogens (tertiary/aromatic N) is 3. The van der Waals surface area contributed by atoms with E-state index in [9.17, 15) is 14.9 Å². The van der Waals surface area contributed by atoms with Crippen molar-refractivity contribution in [3.63, 3.8) is 0 Å². The van der Waals surface area contributed by atoms with Crippen LogP contribution in [0.3, 0.4) is 0 Å². The number of fused-ring (bicyclic) bond motifs is 5. The molecular formula is C15H11Br2N3O3. The molecule has 1 fully saturated rings. The highest BCUT2D eigenvalue weighted by Crippen LogP contribution is 2.58. The van der Waals surface area contributed by atoms with E-state index in [2.05, 4.69) is 37.0 Å². The number of hydrogen-bond acceptors (Lipinski definition) is 4. The van der Waals surface area contributed by atoms with Gasteiger partial charge in [-0.1, -0.05) is 31.9 Å². The van der Waals surface area contributed by atoms with Gasteiger partial charge >= 0.3 is 0 Å². The van der Waals surface area contributed by atoms with Crippen LogP contribution in [0.15, 0.2) is 30.5 Å². The zero-order valence-electron chi connectivity index (χ0n) is 11.7. The van der Waals surface area contributed by atoms with Crippen molar-refractivity contribution in [2.45, 2.75) is 27.9 Å². The average molecular weight is 441 g/mol. The first kappa shape index (κ1) is 15.0.